The van der Waals surface area contributed by atoms with Gasteiger partial charge in [0.1, 0.15) is 0 Å². The van der Waals surface area contributed by atoms with Gasteiger partial charge < -0.3 is 15.1 Å². The van der Waals surface area contributed by atoms with Crippen molar-refractivity contribution in [3.05, 3.63) is 29.8 Å². The van der Waals surface area contributed by atoms with E-state index in [1.54, 1.807) is 18.7 Å². The van der Waals surface area contributed by atoms with E-state index in [9.17, 15) is 18.0 Å². The zero-order chi connectivity index (χ0) is 20.0. The number of nitrogens with one attached hydrogen (secondary N) is 1. The van der Waals surface area contributed by atoms with Crippen LogP contribution < -0.4 is 5.32 Å². The molecule has 1 saturated heterocycles. The first-order valence-corrected chi connectivity index (χ1v) is 10.6. The Balaban J connectivity index is 1.94. The smallest absolute Gasteiger partial charge is 0.251 e. The molecule has 1 heterocycles. The number of piperazine rings is 1. The van der Waals surface area contributed by atoms with Crippen LogP contribution in [0.25, 0.3) is 0 Å². The number of hydrogen-bond donors (Lipinski definition) is 1. The summed E-state index contributed by atoms with van der Waals surface area (Å²) in [4.78, 5) is 28.5. The number of benzene rings is 1. The van der Waals surface area contributed by atoms with Crippen LogP contribution in [0.1, 0.15) is 24.2 Å². The van der Waals surface area contributed by atoms with Gasteiger partial charge in [0.15, 0.2) is 0 Å². The Morgan fingerprint density at radius 1 is 1.04 bits per heavy atom. The van der Waals surface area contributed by atoms with Gasteiger partial charge in [-0.05, 0) is 31.3 Å². The average molecular weight is 397 g/mol. The van der Waals surface area contributed by atoms with Crippen LogP contribution in [0.4, 0.5) is 0 Å². The van der Waals surface area contributed by atoms with E-state index in [0.717, 1.165) is 13.1 Å². The van der Waals surface area contributed by atoms with E-state index in [1.807, 2.05) is 7.05 Å². The summed E-state index contributed by atoms with van der Waals surface area (Å²) in [7, 11) is -1.54. The van der Waals surface area contributed by atoms with Gasteiger partial charge in [0.2, 0.25) is 15.9 Å². The average Bonchev–Trinajstić information content (AvgIpc) is 2.67. The number of rotatable bonds is 7. The molecule has 0 atom stereocenters. The Labute approximate surface area is 161 Å². The quantitative estimate of drug-likeness (QED) is 0.712. The lowest BCUT2D eigenvalue weighted by Gasteiger charge is -2.32. The van der Waals surface area contributed by atoms with Crippen LogP contribution in [0.3, 0.4) is 0 Å². The van der Waals surface area contributed by atoms with Crippen LogP contribution in [0, 0.1) is 0 Å². The predicted octanol–water partition coefficient (Wildman–Crippen LogP) is 0.221. The maximum Gasteiger partial charge on any atom is 0.251 e. The topological polar surface area (TPSA) is 90.0 Å². The standard InChI is InChI=1S/C18H28N4O4S/c1-4-22(5-2)27(25,26)16-8-6-15(7-9-16)18(24)19-14-17(23)21-12-10-20(3)11-13-21/h6-9H,4-5,10-14H2,1-3H3,(H,19,24). The van der Waals surface area contributed by atoms with Gasteiger partial charge in [0.05, 0.1) is 11.4 Å². The van der Waals surface area contributed by atoms with Crippen LogP contribution in [0.2, 0.25) is 0 Å². The number of nitrogens with zero attached hydrogens (tertiary/aromatic N) is 3. The SMILES string of the molecule is CCN(CC)S(=O)(=O)c1ccc(C(=O)NCC(=O)N2CCN(C)CC2)cc1. The summed E-state index contributed by atoms with van der Waals surface area (Å²) < 4.78 is 26.3. The second-order valence-corrected chi connectivity index (χ2v) is 8.42. The fourth-order valence-corrected chi connectivity index (χ4v) is 4.37. The van der Waals surface area contributed by atoms with Crippen molar-refractivity contribution in [2.75, 3.05) is 52.9 Å². The molecule has 1 fully saturated rings. The normalized spacial score (nSPS) is 15.8. The molecule has 150 valence electrons. The molecule has 2 amide bonds. The molecule has 9 heteroatoms. The summed E-state index contributed by atoms with van der Waals surface area (Å²) in [5.74, 6) is -0.513. The van der Waals surface area contributed by atoms with Crippen molar-refractivity contribution in [3.8, 4) is 0 Å². The first-order valence-electron chi connectivity index (χ1n) is 9.14. The van der Waals surface area contributed by atoms with Gasteiger partial charge >= 0.3 is 0 Å². The molecule has 0 radical (unpaired) electrons. The third-order valence-electron chi connectivity index (χ3n) is 4.72. The van der Waals surface area contributed by atoms with Gasteiger partial charge in [0.25, 0.3) is 5.91 Å². The Morgan fingerprint density at radius 3 is 2.11 bits per heavy atom. The second kappa shape index (κ2) is 9.29. The molecule has 8 nitrogen and oxygen atoms in total. The summed E-state index contributed by atoms with van der Waals surface area (Å²) in [6.45, 7) is 7.21. The molecule has 0 spiro atoms. The molecule has 0 aliphatic carbocycles. The Hall–Kier alpha value is -1.97. The minimum atomic E-state index is -3.55. The zero-order valence-electron chi connectivity index (χ0n) is 16.1. The highest BCUT2D eigenvalue weighted by atomic mass is 32.2. The highest BCUT2D eigenvalue weighted by Gasteiger charge is 2.22. The molecule has 27 heavy (non-hydrogen) atoms. The van der Waals surface area contributed by atoms with E-state index in [2.05, 4.69) is 10.2 Å². The van der Waals surface area contributed by atoms with Gasteiger partial charge in [-0.15, -0.1) is 0 Å². The number of hydrogen-bond acceptors (Lipinski definition) is 5. The molecule has 1 aliphatic rings. The minimum absolute atomic E-state index is 0.0674. The van der Waals surface area contributed by atoms with Crippen molar-refractivity contribution in [2.45, 2.75) is 18.7 Å². The molecule has 0 saturated carbocycles. The number of sulfonamides is 1. The van der Waals surface area contributed by atoms with Crippen LogP contribution in [-0.4, -0.2) is 87.2 Å². The molecule has 1 aromatic carbocycles. The number of amides is 2. The summed E-state index contributed by atoms with van der Waals surface area (Å²) in [5, 5.41) is 2.61. The Bertz CT molecular complexity index is 752. The summed E-state index contributed by atoms with van der Waals surface area (Å²) in [6.07, 6.45) is 0. The van der Waals surface area contributed by atoms with Gasteiger partial charge in [-0.1, -0.05) is 13.8 Å². The van der Waals surface area contributed by atoms with Gasteiger partial charge in [-0.2, -0.15) is 4.31 Å². The maximum absolute atomic E-state index is 12.5. The third-order valence-corrected chi connectivity index (χ3v) is 6.78. The van der Waals surface area contributed by atoms with Crippen LogP contribution in [0.5, 0.6) is 0 Å². The fourth-order valence-electron chi connectivity index (χ4n) is 2.92. The first kappa shape index (κ1) is 21.3. The second-order valence-electron chi connectivity index (χ2n) is 6.48. The van der Waals surface area contributed by atoms with Crippen molar-refractivity contribution >= 4 is 21.8 Å². The van der Waals surface area contributed by atoms with Crippen molar-refractivity contribution < 1.29 is 18.0 Å². The molecule has 0 unspecified atom stereocenters. The lowest BCUT2D eigenvalue weighted by atomic mass is 10.2. The van der Waals surface area contributed by atoms with Gasteiger partial charge in [-0.25, -0.2) is 8.42 Å². The monoisotopic (exact) mass is 396 g/mol. The van der Waals surface area contributed by atoms with Crippen molar-refractivity contribution in [1.29, 1.82) is 0 Å². The molecular weight excluding hydrogens is 368 g/mol. The molecule has 0 bridgehead atoms. The van der Waals surface area contributed by atoms with Crippen molar-refractivity contribution in [2.24, 2.45) is 0 Å². The molecule has 1 aromatic rings. The van der Waals surface area contributed by atoms with E-state index in [4.69, 9.17) is 0 Å². The first-order chi connectivity index (χ1) is 12.8. The van der Waals surface area contributed by atoms with Crippen molar-refractivity contribution in [3.63, 3.8) is 0 Å². The van der Waals surface area contributed by atoms with Crippen LogP contribution in [-0.2, 0) is 14.8 Å². The lowest BCUT2D eigenvalue weighted by Crippen LogP contribution is -2.50. The summed E-state index contributed by atoms with van der Waals surface area (Å²) in [6, 6.07) is 5.77. The molecule has 0 aromatic heterocycles. The molecule has 2 rings (SSSR count). The van der Waals surface area contributed by atoms with Gasteiger partial charge in [-0.3, -0.25) is 9.59 Å². The van der Waals surface area contributed by atoms with E-state index >= 15 is 0 Å². The molecule has 1 N–H and O–H groups in total. The highest BCUT2D eigenvalue weighted by molar-refractivity contribution is 7.89. The van der Waals surface area contributed by atoms with E-state index in [1.165, 1.54) is 28.6 Å². The van der Waals surface area contributed by atoms with E-state index < -0.39 is 15.9 Å². The zero-order valence-corrected chi connectivity index (χ0v) is 17.0. The van der Waals surface area contributed by atoms with E-state index in [0.29, 0.717) is 31.7 Å². The third kappa shape index (κ3) is 5.27. The Kier molecular flexibility index (Phi) is 7.34. The Morgan fingerprint density at radius 2 is 1.59 bits per heavy atom. The predicted molar refractivity (Wildman–Crippen MR) is 103 cm³/mol. The highest BCUT2D eigenvalue weighted by Crippen LogP contribution is 2.16. The number of carbonyl (C=O) groups is 2. The van der Waals surface area contributed by atoms with Crippen LogP contribution >= 0.6 is 0 Å². The number of carbonyl (C=O) groups excluding carboxylic acids is 2. The summed E-state index contributed by atoms with van der Waals surface area (Å²) >= 11 is 0. The van der Waals surface area contributed by atoms with Crippen LogP contribution in [0.15, 0.2) is 29.2 Å². The number of likely N-dealkylation sites (N-methyl/N-ethyl adjacent to an activating group) is 1. The van der Waals surface area contributed by atoms with Crippen molar-refractivity contribution in [1.82, 2.24) is 19.4 Å². The molecule has 1 aliphatic heterocycles. The lowest BCUT2D eigenvalue weighted by molar-refractivity contribution is -0.131. The molecular formula is C18H28N4O4S. The summed E-state index contributed by atoms with van der Waals surface area (Å²) in [5.41, 5.74) is 0.319. The largest absolute Gasteiger partial charge is 0.343 e. The fraction of sp³-hybridized carbons (Fsp3) is 0.556. The van der Waals surface area contributed by atoms with E-state index in [-0.39, 0.29) is 17.3 Å². The maximum atomic E-state index is 12.5. The van der Waals surface area contributed by atoms with Gasteiger partial charge in [0, 0.05) is 44.8 Å². The minimum Gasteiger partial charge on any atom is -0.343 e.